The van der Waals surface area contributed by atoms with Gasteiger partial charge in [0, 0.05) is 45.1 Å². The van der Waals surface area contributed by atoms with E-state index < -0.39 is 0 Å². The van der Waals surface area contributed by atoms with Crippen molar-refractivity contribution >= 4 is 0 Å². The molecule has 3 nitrogen and oxygen atoms in total. The molecule has 2 saturated heterocycles. The molecule has 13 heavy (non-hydrogen) atoms. The number of nitrogens with two attached hydrogens (primary N) is 1. The van der Waals surface area contributed by atoms with Crippen LogP contribution in [0.1, 0.15) is 12.8 Å². The molecule has 0 atom stereocenters. The van der Waals surface area contributed by atoms with Crippen molar-refractivity contribution in [3.05, 3.63) is 0 Å². The second kappa shape index (κ2) is 4.40. The van der Waals surface area contributed by atoms with E-state index >= 15 is 0 Å². The van der Waals surface area contributed by atoms with Crippen molar-refractivity contribution in [2.45, 2.75) is 18.9 Å². The maximum absolute atomic E-state index is 2.70. The van der Waals surface area contributed by atoms with Crippen LogP contribution in [0, 0.1) is 0 Å². The Balaban J connectivity index is 1.79. The average molecular weight is 184 g/mol. The third-order valence-electron chi connectivity index (χ3n) is 3.46. The van der Waals surface area contributed by atoms with E-state index in [9.17, 15) is 0 Å². The number of quaternary nitrogens is 1. The smallest absolute Gasteiger partial charge is 0.0770 e. The van der Waals surface area contributed by atoms with Gasteiger partial charge in [0.1, 0.15) is 0 Å². The topological polar surface area (TPSA) is 23.1 Å². The van der Waals surface area contributed by atoms with E-state index in [1.165, 1.54) is 52.1 Å². The molecule has 2 fully saturated rings. The summed E-state index contributed by atoms with van der Waals surface area (Å²) in [7, 11) is 2.23. The van der Waals surface area contributed by atoms with Gasteiger partial charge in [-0.25, -0.2) is 0 Å². The van der Waals surface area contributed by atoms with E-state index in [1.54, 1.807) is 0 Å². The first-order chi connectivity index (χ1) is 6.36. The lowest BCUT2D eigenvalue weighted by Gasteiger charge is -2.38. The molecule has 0 aliphatic carbocycles. The zero-order valence-corrected chi connectivity index (χ0v) is 8.71. The number of piperidine rings is 1. The molecular weight excluding hydrogens is 162 g/mol. The molecule has 76 valence electrons. The molecule has 2 aliphatic rings. The monoisotopic (exact) mass is 184 g/mol. The fourth-order valence-corrected chi connectivity index (χ4v) is 2.46. The zero-order chi connectivity index (χ0) is 9.10. The van der Waals surface area contributed by atoms with Crippen molar-refractivity contribution < 1.29 is 5.32 Å². The van der Waals surface area contributed by atoms with Crippen LogP contribution in [0.15, 0.2) is 0 Å². The second-order valence-corrected chi connectivity index (χ2v) is 4.44. The number of nitrogens with zero attached hydrogens (tertiary/aromatic N) is 2. The van der Waals surface area contributed by atoms with Crippen LogP contribution in [0.4, 0.5) is 0 Å². The molecule has 0 aromatic rings. The summed E-state index contributed by atoms with van der Waals surface area (Å²) in [5.74, 6) is 0. The Bertz CT molecular complexity index is 146. The molecule has 2 heterocycles. The predicted molar refractivity (Wildman–Crippen MR) is 53.8 cm³/mol. The Morgan fingerprint density at radius 3 is 2.23 bits per heavy atom. The number of likely N-dealkylation sites (N-methyl/N-ethyl adjacent to an activating group) is 1. The number of piperazine rings is 1. The third-order valence-corrected chi connectivity index (χ3v) is 3.46. The highest BCUT2D eigenvalue weighted by Gasteiger charge is 2.24. The Hall–Kier alpha value is -0.120. The van der Waals surface area contributed by atoms with Crippen molar-refractivity contribution in [1.82, 2.24) is 9.80 Å². The number of rotatable bonds is 1. The fraction of sp³-hybridized carbons (Fsp3) is 1.00. The molecule has 0 unspecified atom stereocenters. The van der Waals surface area contributed by atoms with E-state index in [0.717, 1.165) is 6.04 Å². The van der Waals surface area contributed by atoms with E-state index in [4.69, 9.17) is 0 Å². The Morgan fingerprint density at radius 2 is 1.62 bits per heavy atom. The summed E-state index contributed by atoms with van der Waals surface area (Å²) in [5.41, 5.74) is 0. The highest BCUT2D eigenvalue weighted by atomic mass is 15.3. The van der Waals surface area contributed by atoms with Crippen LogP contribution in [0.25, 0.3) is 0 Å². The largest absolute Gasteiger partial charge is 0.346 e. The summed E-state index contributed by atoms with van der Waals surface area (Å²) in [4.78, 5) is 5.14. The van der Waals surface area contributed by atoms with Crippen LogP contribution < -0.4 is 5.32 Å². The highest BCUT2D eigenvalue weighted by molar-refractivity contribution is 4.78. The van der Waals surface area contributed by atoms with Crippen LogP contribution in [0.2, 0.25) is 0 Å². The van der Waals surface area contributed by atoms with Gasteiger partial charge in [0.05, 0.1) is 13.1 Å². The summed E-state index contributed by atoms with van der Waals surface area (Å²) in [6.45, 7) is 7.80. The van der Waals surface area contributed by atoms with E-state index in [0.29, 0.717) is 0 Å². The lowest BCUT2D eigenvalue weighted by Crippen LogP contribution is -2.87. The van der Waals surface area contributed by atoms with Gasteiger partial charge in [-0.05, 0) is 7.05 Å². The molecule has 0 aromatic carbocycles. The van der Waals surface area contributed by atoms with Crippen LogP contribution in [0.5, 0.6) is 0 Å². The van der Waals surface area contributed by atoms with Crippen molar-refractivity contribution in [3.8, 4) is 0 Å². The standard InChI is InChI=1S/C10H21N3/c1-12-6-8-13(9-7-12)10-2-4-11-5-3-10/h10-11H,2-9H2,1H3/p+1. The fourth-order valence-electron chi connectivity index (χ4n) is 2.46. The maximum atomic E-state index is 2.70. The van der Waals surface area contributed by atoms with Crippen molar-refractivity contribution in [2.24, 2.45) is 0 Å². The minimum Gasteiger partial charge on any atom is -0.346 e. The molecule has 0 radical (unpaired) electrons. The SMILES string of the molecule is CN1CCN(C2CC[NH2+]CC2)CC1. The lowest BCUT2D eigenvalue weighted by molar-refractivity contribution is -0.664. The molecule has 3 heteroatoms. The molecular formula is C10H22N3+. The van der Waals surface area contributed by atoms with Crippen LogP contribution in [-0.2, 0) is 0 Å². The lowest BCUT2D eigenvalue weighted by atomic mass is 10.0. The number of hydrogen-bond acceptors (Lipinski definition) is 2. The first kappa shape index (κ1) is 9.44. The summed E-state index contributed by atoms with van der Waals surface area (Å²) in [5, 5.41) is 2.45. The van der Waals surface area contributed by atoms with Gasteiger partial charge in [-0.3, -0.25) is 4.90 Å². The second-order valence-electron chi connectivity index (χ2n) is 4.44. The molecule has 0 saturated carbocycles. The molecule has 0 spiro atoms. The maximum Gasteiger partial charge on any atom is 0.0770 e. The van der Waals surface area contributed by atoms with E-state index in [1.807, 2.05) is 0 Å². The van der Waals surface area contributed by atoms with Crippen LogP contribution in [-0.4, -0.2) is 62.2 Å². The van der Waals surface area contributed by atoms with Crippen LogP contribution in [0.3, 0.4) is 0 Å². The van der Waals surface area contributed by atoms with Crippen LogP contribution >= 0.6 is 0 Å². The quantitative estimate of drug-likeness (QED) is 0.562. The van der Waals surface area contributed by atoms with Gasteiger partial charge in [-0.1, -0.05) is 0 Å². The molecule has 0 amide bonds. The Labute approximate surface area is 81.1 Å². The summed E-state index contributed by atoms with van der Waals surface area (Å²) in [6.07, 6.45) is 2.81. The number of hydrogen-bond donors (Lipinski definition) is 1. The van der Waals surface area contributed by atoms with Crippen molar-refractivity contribution in [3.63, 3.8) is 0 Å². The molecule has 0 bridgehead atoms. The molecule has 2 N–H and O–H groups in total. The van der Waals surface area contributed by atoms with E-state index in [2.05, 4.69) is 22.2 Å². The molecule has 2 rings (SSSR count). The zero-order valence-electron chi connectivity index (χ0n) is 8.71. The normalized spacial score (nSPS) is 29.3. The predicted octanol–water partition coefficient (Wildman–Crippen LogP) is -1.04. The average Bonchev–Trinajstić information content (AvgIpc) is 2.20. The molecule has 2 aliphatic heterocycles. The summed E-state index contributed by atoms with van der Waals surface area (Å²) < 4.78 is 0. The van der Waals surface area contributed by atoms with Gasteiger partial charge in [-0.2, -0.15) is 0 Å². The van der Waals surface area contributed by atoms with Gasteiger partial charge < -0.3 is 10.2 Å². The van der Waals surface area contributed by atoms with Gasteiger partial charge >= 0.3 is 0 Å². The Kier molecular flexibility index (Phi) is 3.19. The first-order valence-corrected chi connectivity index (χ1v) is 5.60. The first-order valence-electron chi connectivity index (χ1n) is 5.60. The van der Waals surface area contributed by atoms with Gasteiger partial charge in [-0.15, -0.1) is 0 Å². The minimum absolute atomic E-state index is 0.902. The molecule has 0 aromatic heterocycles. The third kappa shape index (κ3) is 2.42. The van der Waals surface area contributed by atoms with Gasteiger partial charge in [0.15, 0.2) is 0 Å². The van der Waals surface area contributed by atoms with E-state index in [-0.39, 0.29) is 0 Å². The summed E-state index contributed by atoms with van der Waals surface area (Å²) >= 11 is 0. The van der Waals surface area contributed by atoms with Gasteiger partial charge in [0.25, 0.3) is 0 Å². The van der Waals surface area contributed by atoms with Crippen molar-refractivity contribution in [1.29, 1.82) is 0 Å². The van der Waals surface area contributed by atoms with Gasteiger partial charge in [0.2, 0.25) is 0 Å². The summed E-state index contributed by atoms with van der Waals surface area (Å²) in [6, 6.07) is 0.902. The minimum atomic E-state index is 0.902. The Morgan fingerprint density at radius 1 is 1.00 bits per heavy atom. The van der Waals surface area contributed by atoms with Crippen molar-refractivity contribution in [2.75, 3.05) is 46.3 Å². The highest BCUT2D eigenvalue weighted by Crippen LogP contribution is 2.11.